The smallest absolute Gasteiger partial charge is 0.341 e. The number of carbonyl (C=O) groups is 1. The number of nitrogens with two attached hydrogens (primary N) is 1. The van der Waals surface area contributed by atoms with Crippen molar-refractivity contribution in [3.05, 3.63) is 63.4 Å². The second kappa shape index (κ2) is 6.05. The van der Waals surface area contributed by atoms with E-state index in [0.717, 1.165) is 10.0 Å². The van der Waals surface area contributed by atoms with E-state index in [9.17, 15) is 9.18 Å². The predicted octanol–water partition coefficient (Wildman–Crippen LogP) is 3.84. The fourth-order valence-corrected chi connectivity index (χ4v) is 2.18. The number of hydrogen-bond acceptors (Lipinski definition) is 3. The van der Waals surface area contributed by atoms with Gasteiger partial charge in [0.2, 0.25) is 0 Å². The fourth-order valence-electron chi connectivity index (χ4n) is 1.78. The maximum Gasteiger partial charge on any atom is 0.341 e. The Bertz CT molecular complexity index is 658. The van der Waals surface area contributed by atoms with E-state index in [1.54, 1.807) is 6.92 Å². The summed E-state index contributed by atoms with van der Waals surface area (Å²) in [6, 6.07) is 10.1. The number of halogens is 2. The van der Waals surface area contributed by atoms with Crippen molar-refractivity contribution in [2.75, 3.05) is 5.73 Å². The molecule has 0 radical (unpaired) electrons. The van der Waals surface area contributed by atoms with E-state index in [0.29, 0.717) is 11.3 Å². The molecule has 3 nitrogen and oxygen atoms in total. The highest BCUT2D eigenvalue weighted by atomic mass is 79.9. The number of rotatable bonds is 3. The van der Waals surface area contributed by atoms with Gasteiger partial charge < -0.3 is 10.5 Å². The average Bonchev–Trinajstić information content (AvgIpc) is 2.41. The highest BCUT2D eigenvalue weighted by Crippen LogP contribution is 2.20. The Morgan fingerprint density at radius 3 is 2.75 bits per heavy atom. The number of carbonyl (C=O) groups excluding carboxylic acids is 1. The summed E-state index contributed by atoms with van der Waals surface area (Å²) in [5, 5.41) is 0. The number of benzene rings is 2. The highest BCUT2D eigenvalue weighted by Gasteiger charge is 2.16. The third-order valence-electron chi connectivity index (χ3n) is 2.81. The third-order valence-corrected chi connectivity index (χ3v) is 3.59. The predicted molar refractivity (Wildman–Crippen MR) is 78.8 cm³/mol. The number of aryl methyl sites for hydroxylation is 1. The monoisotopic (exact) mass is 337 g/mol. The van der Waals surface area contributed by atoms with Gasteiger partial charge in [0.1, 0.15) is 12.4 Å². The molecule has 0 saturated heterocycles. The number of anilines is 1. The van der Waals surface area contributed by atoms with Crippen LogP contribution in [0.15, 0.2) is 40.9 Å². The lowest BCUT2D eigenvalue weighted by atomic mass is 10.1. The number of ether oxygens (including phenoxy) is 1. The van der Waals surface area contributed by atoms with Crippen LogP contribution in [0.2, 0.25) is 0 Å². The minimum Gasteiger partial charge on any atom is -0.457 e. The molecule has 0 bridgehead atoms. The quantitative estimate of drug-likeness (QED) is 0.683. The second-order valence-electron chi connectivity index (χ2n) is 4.37. The van der Waals surface area contributed by atoms with Crippen LogP contribution in [0.1, 0.15) is 21.5 Å². The van der Waals surface area contributed by atoms with Gasteiger partial charge in [-0.15, -0.1) is 0 Å². The van der Waals surface area contributed by atoms with Gasteiger partial charge in [-0.25, -0.2) is 9.18 Å². The SMILES string of the molecule is Cc1cc(N)cc(C(=O)OCc2ccccc2Br)c1F. The Morgan fingerprint density at radius 2 is 2.05 bits per heavy atom. The average molecular weight is 338 g/mol. The van der Waals surface area contributed by atoms with Gasteiger partial charge in [-0.05, 0) is 30.7 Å². The molecule has 0 heterocycles. The van der Waals surface area contributed by atoms with Crippen LogP contribution in [-0.2, 0) is 11.3 Å². The second-order valence-corrected chi connectivity index (χ2v) is 5.22. The van der Waals surface area contributed by atoms with Crippen molar-refractivity contribution in [2.24, 2.45) is 0 Å². The molecule has 0 atom stereocenters. The lowest BCUT2D eigenvalue weighted by molar-refractivity contribution is 0.0466. The molecule has 20 heavy (non-hydrogen) atoms. The molecule has 0 aliphatic carbocycles. The Labute approximate surface area is 124 Å². The summed E-state index contributed by atoms with van der Waals surface area (Å²) in [6.07, 6.45) is 0. The standard InChI is InChI=1S/C15H13BrFNO2/c1-9-6-11(18)7-12(14(9)17)15(19)20-8-10-4-2-3-5-13(10)16/h2-7H,8,18H2,1H3. The van der Waals surface area contributed by atoms with Crippen LogP contribution in [0.25, 0.3) is 0 Å². The molecule has 5 heteroatoms. The Morgan fingerprint density at radius 1 is 1.35 bits per heavy atom. The molecule has 0 aliphatic rings. The van der Waals surface area contributed by atoms with Crippen LogP contribution in [0.3, 0.4) is 0 Å². The molecule has 0 aliphatic heterocycles. The van der Waals surface area contributed by atoms with E-state index in [4.69, 9.17) is 10.5 Å². The molecule has 2 N–H and O–H groups in total. The van der Waals surface area contributed by atoms with Gasteiger partial charge in [0, 0.05) is 15.7 Å². The van der Waals surface area contributed by atoms with Crippen molar-refractivity contribution < 1.29 is 13.9 Å². The largest absolute Gasteiger partial charge is 0.457 e. The molecule has 0 unspecified atom stereocenters. The van der Waals surface area contributed by atoms with Crippen molar-refractivity contribution in [1.82, 2.24) is 0 Å². The first-order valence-electron chi connectivity index (χ1n) is 5.95. The van der Waals surface area contributed by atoms with E-state index in [1.165, 1.54) is 12.1 Å². The zero-order chi connectivity index (χ0) is 14.7. The zero-order valence-electron chi connectivity index (χ0n) is 10.8. The minimum absolute atomic E-state index is 0.0630. The van der Waals surface area contributed by atoms with Gasteiger partial charge >= 0.3 is 5.97 Å². The van der Waals surface area contributed by atoms with Gasteiger partial charge in [-0.1, -0.05) is 34.1 Å². The molecule has 0 spiro atoms. The molecule has 0 amide bonds. The van der Waals surface area contributed by atoms with E-state index < -0.39 is 11.8 Å². The first-order chi connectivity index (χ1) is 9.49. The van der Waals surface area contributed by atoms with Crippen molar-refractivity contribution in [2.45, 2.75) is 13.5 Å². The summed E-state index contributed by atoms with van der Waals surface area (Å²) in [7, 11) is 0. The van der Waals surface area contributed by atoms with Crippen LogP contribution >= 0.6 is 15.9 Å². The molecule has 104 valence electrons. The molecular weight excluding hydrogens is 325 g/mol. The van der Waals surface area contributed by atoms with Crippen LogP contribution in [0.5, 0.6) is 0 Å². The molecule has 0 saturated carbocycles. The minimum atomic E-state index is -0.728. The summed E-state index contributed by atoms with van der Waals surface area (Å²) in [4.78, 5) is 11.9. The summed E-state index contributed by atoms with van der Waals surface area (Å²) in [5.41, 5.74) is 6.93. The lowest BCUT2D eigenvalue weighted by Gasteiger charge is -2.09. The topological polar surface area (TPSA) is 52.3 Å². The Balaban J connectivity index is 2.15. The van der Waals surface area contributed by atoms with Gasteiger partial charge in [0.05, 0.1) is 5.56 Å². The van der Waals surface area contributed by atoms with Gasteiger partial charge in [0.25, 0.3) is 0 Å². The molecule has 0 aromatic heterocycles. The first kappa shape index (κ1) is 14.5. The van der Waals surface area contributed by atoms with E-state index >= 15 is 0 Å². The number of nitrogen functional groups attached to an aromatic ring is 1. The van der Waals surface area contributed by atoms with Crippen molar-refractivity contribution >= 4 is 27.6 Å². The Hall–Kier alpha value is -1.88. The van der Waals surface area contributed by atoms with E-state index in [-0.39, 0.29) is 12.2 Å². The van der Waals surface area contributed by atoms with Crippen molar-refractivity contribution in [3.63, 3.8) is 0 Å². The summed E-state index contributed by atoms with van der Waals surface area (Å²) in [5.74, 6) is -1.33. The zero-order valence-corrected chi connectivity index (χ0v) is 12.4. The van der Waals surface area contributed by atoms with Crippen LogP contribution in [0, 0.1) is 12.7 Å². The summed E-state index contributed by atoms with van der Waals surface area (Å²) >= 11 is 3.35. The van der Waals surface area contributed by atoms with Crippen LogP contribution < -0.4 is 5.73 Å². The lowest BCUT2D eigenvalue weighted by Crippen LogP contribution is -2.09. The molecular formula is C15H13BrFNO2. The van der Waals surface area contributed by atoms with Gasteiger partial charge in [-0.2, -0.15) is 0 Å². The summed E-state index contributed by atoms with van der Waals surface area (Å²) < 4.78 is 19.8. The maximum atomic E-state index is 13.9. The molecule has 2 aromatic carbocycles. The first-order valence-corrected chi connectivity index (χ1v) is 6.74. The highest BCUT2D eigenvalue weighted by molar-refractivity contribution is 9.10. The maximum absolute atomic E-state index is 13.9. The third kappa shape index (κ3) is 3.17. The van der Waals surface area contributed by atoms with Crippen molar-refractivity contribution in [1.29, 1.82) is 0 Å². The number of esters is 1. The van der Waals surface area contributed by atoms with E-state index in [1.807, 2.05) is 24.3 Å². The van der Waals surface area contributed by atoms with Crippen molar-refractivity contribution in [3.8, 4) is 0 Å². The normalized spacial score (nSPS) is 10.3. The van der Waals surface area contributed by atoms with Crippen LogP contribution in [-0.4, -0.2) is 5.97 Å². The molecule has 2 rings (SSSR count). The molecule has 0 fully saturated rings. The summed E-state index contributed by atoms with van der Waals surface area (Å²) in [6.45, 7) is 1.61. The van der Waals surface area contributed by atoms with E-state index in [2.05, 4.69) is 15.9 Å². The number of hydrogen-bond donors (Lipinski definition) is 1. The van der Waals surface area contributed by atoms with Gasteiger partial charge in [-0.3, -0.25) is 0 Å². The fraction of sp³-hybridized carbons (Fsp3) is 0.133. The van der Waals surface area contributed by atoms with Crippen LogP contribution in [0.4, 0.5) is 10.1 Å². The molecule has 2 aromatic rings. The van der Waals surface area contributed by atoms with Gasteiger partial charge in [0.15, 0.2) is 0 Å². The Kier molecular flexibility index (Phi) is 4.39.